The van der Waals surface area contributed by atoms with Gasteiger partial charge in [-0.3, -0.25) is 0 Å². The minimum atomic E-state index is -0.318. The molecule has 0 unspecified atom stereocenters. The maximum absolute atomic E-state index is 11.6. The van der Waals surface area contributed by atoms with Crippen LogP contribution < -0.4 is 0 Å². The average Bonchev–Trinajstić information content (AvgIpc) is 2.28. The molecule has 0 saturated heterocycles. The van der Waals surface area contributed by atoms with E-state index in [1.54, 1.807) is 0 Å². The Morgan fingerprint density at radius 2 is 2.06 bits per heavy atom. The third-order valence-corrected chi connectivity index (χ3v) is 4.00. The Hall–Kier alpha value is -0.620. The molecule has 0 aliphatic carbocycles. The Morgan fingerprint density at radius 1 is 1.38 bits per heavy atom. The number of halogens is 2. The summed E-state index contributed by atoms with van der Waals surface area (Å²) in [4.78, 5) is 11.6. The summed E-state index contributed by atoms with van der Waals surface area (Å²) in [6.45, 7) is 0. The first-order valence-electron chi connectivity index (χ1n) is 4.60. The highest BCUT2D eigenvalue weighted by atomic mass is 127. The van der Waals surface area contributed by atoms with E-state index < -0.39 is 0 Å². The number of benzene rings is 2. The van der Waals surface area contributed by atoms with Crippen LogP contribution in [0.2, 0.25) is 0 Å². The zero-order chi connectivity index (χ0) is 11.7. The second-order valence-electron chi connectivity index (χ2n) is 3.26. The number of hydrogen-bond acceptors (Lipinski definition) is 2. The van der Waals surface area contributed by atoms with Gasteiger partial charge in [-0.15, -0.1) is 0 Å². The minimum absolute atomic E-state index is 0.318. The lowest BCUT2D eigenvalue weighted by Gasteiger charge is -2.08. The van der Waals surface area contributed by atoms with Crippen LogP contribution in [0.15, 0.2) is 34.8 Å². The number of methoxy groups -OCH3 is 1. The predicted molar refractivity (Wildman–Crippen MR) is 75.7 cm³/mol. The summed E-state index contributed by atoms with van der Waals surface area (Å²) in [6, 6.07) is 9.89. The van der Waals surface area contributed by atoms with Crippen LogP contribution >= 0.6 is 38.5 Å². The monoisotopic (exact) mass is 390 g/mol. The first kappa shape index (κ1) is 11.9. The fourth-order valence-corrected chi connectivity index (χ4v) is 3.49. The molecule has 16 heavy (non-hydrogen) atoms. The van der Waals surface area contributed by atoms with Crippen molar-refractivity contribution in [2.24, 2.45) is 0 Å². The van der Waals surface area contributed by atoms with E-state index in [2.05, 4.69) is 38.5 Å². The van der Waals surface area contributed by atoms with E-state index in [1.165, 1.54) is 7.11 Å². The van der Waals surface area contributed by atoms with Gasteiger partial charge in [0.05, 0.1) is 12.7 Å². The lowest BCUT2D eigenvalue weighted by atomic mass is 10.1. The first-order valence-corrected chi connectivity index (χ1v) is 6.47. The van der Waals surface area contributed by atoms with E-state index in [9.17, 15) is 4.79 Å². The van der Waals surface area contributed by atoms with Crippen molar-refractivity contribution in [2.45, 2.75) is 0 Å². The van der Waals surface area contributed by atoms with Crippen molar-refractivity contribution in [3.63, 3.8) is 0 Å². The zero-order valence-corrected chi connectivity index (χ0v) is 12.2. The molecule has 2 rings (SSSR count). The molecule has 0 atom stereocenters. The van der Waals surface area contributed by atoms with E-state index in [4.69, 9.17) is 4.74 Å². The summed E-state index contributed by atoms with van der Waals surface area (Å²) in [5.74, 6) is -0.318. The van der Waals surface area contributed by atoms with Gasteiger partial charge in [0.15, 0.2) is 0 Å². The van der Waals surface area contributed by atoms with Gasteiger partial charge < -0.3 is 4.74 Å². The number of fused-ring (bicyclic) bond motifs is 1. The Labute approximate surface area is 115 Å². The lowest BCUT2D eigenvalue weighted by molar-refractivity contribution is 0.0598. The van der Waals surface area contributed by atoms with Crippen LogP contribution in [0, 0.1) is 3.57 Å². The highest BCUT2D eigenvalue weighted by Crippen LogP contribution is 2.31. The predicted octanol–water partition coefficient (Wildman–Crippen LogP) is 3.99. The molecule has 0 N–H and O–H groups in total. The van der Waals surface area contributed by atoms with Crippen molar-refractivity contribution < 1.29 is 9.53 Å². The molecule has 0 fully saturated rings. The van der Waals surface area contributed by atoms with E-state index in [1.807, 2.05) is 30.3 Å². The van der Waals surface area contributed by atoms with Gasteiger partial charge in [-0.25, -0.2) is 4.79 Å². The van der Waals surface area contributed by atoms with Crippen LogP contribution in [0.5, 0.6) is 0 Å². The first-order chi connectivity index (χ1) is 7.65. The van der Waals surface area contributed by atoms with Crippen LogP contribution in [0.25, 0.3) is 10.8 Å². The Balaban J connectivity index is 2.80. The van der Waals surface area contributed by atoms with Gasteiger partial charge in [0.1, 0.15) is 0 Å². The zero-order valence-electron chi connectivity index (χ0n) is 8.46. The maximum atomic E-state index is 11.6. The Morgan fingerprint density at radius 3 is 2.75 bits per heavy atom. The van der Waals surface area contributed by atoms with Gasteiger partial charge in [-0.2, -0.15) is 0 Å². The van der Waals surface area contributed by atoms with Gasteiger partial charge in [0, 0.05) is 8.04 Å². The number of hydrogen-bond donors (Lipinski definition) is 0. The molecule has 0 aliphatic rings. The van der Waals surface area contributed by atoms with Crippen molar-refractivity contribution in [1.82, 2.24) is 0 Å². The molecule has 82 valence electrons. The third kappa shape index (κ3) is 1.96. The van der Waals surface area contributed by atoms with Crippen LogP contribution in [-0.2, 0) is 4.74 Å². The summed E-state index contributed by atoms with van der Waals surface area (Å²) < 4.78 is 6.45. The summed E-state index contributed by atoms with van der Waals surface area (Å²) in [6.07, 6.45) is 0. The van der Waals surface area contributed by atoms with Crippen molar-refractivity contribution in [1.29, 1.82) is 0 Å². The molecular weight excluding hydrogens is 383 g/mol. The molecule has 4 heteroatoms. The fourth-order valence-electron chi connectivity index (χ4n) is 1.56. The second-order valence-corrected chi connectivity index (χ2v) is 5.22. The maximum Gasteiger partial charge on any atom is 0.340 e. The molecule has 0 saturated carbocycles. The number of rotatable bonds is 1. The van der Waals surface area contributed by atoms with Crippen molar-refractivity contribution in [3.05, 3.63) is 43.9 Å². The minimum Gasteiger partial charge on any atom is -0.465 e. The molecule has 0 amide bonds. The van der Waals surface area contributed by atoms with Crippen molar-refractivity contribution in [3.8, 4) is 0 Å². The van der Waals surface area contributed by atoms with Crippen LogP contribution in [0.3, 0.4) is 0 Å². The van der Waals surface area contributed by atoms with Gasteiger partial charge in [-0.05, 0) is 55.4 Å². The molecular formula is C12H8BrIO2. The molecule has 0 heterocycles. The highest BCUT2D eigenvalue weighted by Gasteiger charge is 2.17. The molecule has 0 spiro atoms. The summed E-state index contributed by atoms with van der Waals surface area (Å²) in [7, 11) is 1.39. The normalized spacial score (nSPS) is 10.4. The summed E-state index contributed by atoms with van der Waals surface area (Å²) >= 11 is 5.61. The number of esters is 1. The van der Waals surface area contributed by atoms with Crippen LogP contribution in [-0.4, -0.2) is 13.1 Å². The van der Waals surface area contributed by atoms with Gasteiger partial charge in [-0.1, -0.05) is 24.3 Å². The standard InChI is InChI=1S/C12H8BrIO2/c1-16-12(15)10-9(14)6-7-4-2-3-5-8(7)11(10)13/h2-6H,1H3. The molecule has 0 aromatic heterocycles. The number of carbonyl (C=O) groups excluding carboxylic acids is 1. The Kier molecular flexibility index (Phi) is 3.49. The van der Waals surface area contributed by atoms with Crippen LogP contribution in [0.1, 0.15) is 10.4 Å². The summed E-state index contributed by atoms with van der Waals surface area (Å²) in [5, 5.41) is 2.12. The average molecular weight is 391 g/mol. The van der Waals surface area contributed by atoms with E-state index in [0.717, 1.165) is 18.8 Å². The largest absolute Gasteiger partial charge is 0.465 e. The molecule has 0 bridgehead atoms. The van der Waals surface area contributed by atoms with E-state index in [-0.39, 0.29) is 5.97 Å². The smallest absolute Gasteiger partial charge is 0.340 e. The lowest BCUT2D eigenvalue weighted by Crippen LogP contribution is -2.05. The van der Waals surface area contributed by atoms with Crippen molar-refractivity contribution in [2.75, 3.05) is 7.11 Å². The molecule has 2 nitrogen and oxygen atoms in total. The van der Waals surface area contributed by atoms with Gasteiger partial charge >= 0.3 is 5.97 Å². The topological polar surface area (TPSA) is 26.3 Å². The highest BCUT2D eigenvalue weighted by molar-refractivity contribution is 14.1. The van der Waals surface area contributed by atoms with E-state index in [0.29, 0.717) is 5.56 Å². The van der Waals surface area contributed by atoms with Gasteiger partial charge in [0.25, 0.3) is 0 Å². The molecule has 2 aromatic carbocycles. The number of ether oxygens (including phenoxy) is 1. The Bertz CT molecular complexity index is 566. The van der Waals surface area contributed by atoms with Crippen molar-refractivity contribution >= 4 is 55.3 Å². The second kappa shape index (κ2) is 4.71. The molecule has 0 aliphatic heterocycles. The fraction of sp³-hybridized carbons (Fsp3) is 0.0833. The number of carbonyl (C=O) groups is 1. The molecule has 2 aromatic rings. The van der Waals surface area contributed by atoms with Gasteiger partial charge in [0.2, 0.25) is 0 Å². The summed E-state index contributed by atoms with van der Waals surface area (Å²) in [5.41, 5.74) is 0.585. The quantitative estimate of drug-likeness (QED) is 0.543. The third-order valence-electron chi connectivity index (χ3n) is 2.33. The SMILES string of the molecule is COC(=O)c1c(I)cc2ccccc2c1Br. The molecule has 0 radical (unpaired) electrons. The van der Waals surface area contributed by atoms with Crippen LogP contribution in [0.4, 0.5) is 0 Å². The van der Waals surface area contributed by atoms with E-state index >= 15 is 0 Å².